The molecular weight excluding hydrogens is 335 g/mol. The number of aliphatic hydroxyl groups excluding tert-OH is 1. The normalized spacial score (nSPS) is 14.2. The molecule has 0 aliphatic carbocycles. The number of rotatable bonds is 16. The molecule has 0 radical (unpaired) electrons. The van der Waals surface area contributed by atoms with Gasteiger partial charge in [0.2, 0.25) is 0 Å². The summed E-state index contributed by atoms with van der Waals surface area (Å²) in [5.74, 6) is 0. The van der Waals surface area contributed by atoms with Gasteiger partial charge >= 0.3 is 29.6 Å². The molecule has 140 valence electrons. The van der Waals surface area contributed by atoms with E-state index >= 15 is 0 Å². The fraction of sp³-hybridized carbons (Fsp3) is 1.00. The molecule has 4 nitrogen and oxygen atoms in total. The van der Waals surface area contributed by atoms with Gasteiger partial charge in [-0.2, -0.15) is 0 Å². The van der Waals surface area contributed by atoms with Crippen molar-refractivity contribution in [2.45, 2.75) is 115 Å². The van der Waals surface area contributed by atoms with Crippen LogP contribution in [0.25, 0.3) is 0 Å². The Balaban J connectivity index is 0. The molecule has 0 aromatic carbocycles. The average Bonchev–Trinajstić information content (AvgIpc) is 2.48. The second kappa shape index (κ2) is 17.3. The Kier molecular flexibility index (Phi) is 19.5. The molecular formula is C18H37NaO4S. The fourth-order valence-electron chi connectivity index (χ4n) is 2.93. The smallest absolute Gasteiger partial charge is 0.748 e. The van der Waals surface area contributed by atoms with Crippen LogP contribution in [0.1, 0.15) is 104 Å². The molecule has 0 aliphatic heterocycles. The van der Waals surface area contributed by atoms with Crippen LogP contribution in [-0.2, 0) is 10.1 Å². The van der Waals surface area contributed by atoms with Crippen molar-refractivity contribution in [2.24, 2.45) is 0 Å². The Hall–Kier alpha value is 0.870. The van der Waals surface area contributed by atoms with Gasteiger partial charge in [0.1, 0.15) is 0 Å². The topological polar surface area (TPSA) is 77.4 Å². The minimum absolute atomic E-state index is 0. The first-order valence-electron chi connectivity index (χ1n) is 9.54. The van der Waals surface area contributed by atoms with Crippen LogP contribution in [0.5, 0.6) is 0 Å². The van der Waals surface area contributed by atoms with E-state index < -0.39 is 15.4 Å². The molecule has 1 N–H and O–H groups in total. The molecule has 6 heteroatoms. The van der Waals surface area contributed by atoms with E-state index in [2.05, 4.69) is 13.8 Å². The molecule has 24 heavy (non-hydrogen) atoms. The first-order chi connectivity index (χ1) is 10.9. The predicted octanol–water partition coefficient (Wildman–Crippen LogP) is 1.77. The summed E-state index contributed by atoms with van der Waals surface area (Å²) in [6.45, 7) is 4.24. The molecule has 0 saturated carbocycles. The average molecular weight is 373 g/mol. The summed E-state index contributed by atoms with van der Waals surface area (Å²) >= 11 is 0. The Bertz CT molecular complexity index is 360. The van der Waals surface area contributed by atoms with Gasteiger partial charge < -0.3 is 9.66 Å². The van der Waals surface area contributed by atoms with Crippen LogP contribution in [0.2, 0.25) is 0 Å². The number of hydrogen-bond acceptors (Lipinski definition) is 4. The van der Waals surface area contributed by atoms with E-state index in [0.717, 1.165) is 57.8 Å². The van der Waals surface area contributed by atoms with Crippen LogP contribution in [0.3, 0.4) is 0 Å². The van der Waals surface area contributed by atoms with Crippen molar-refractivity contribution in [3.8, 4) is 0 Å². The molecule has 0 heterocycles. The van der Waals surface area contributed by atoms with Gasteiger partial charge in [-0.25, -0.2) is 8.42 Å². The van der Waals surface area contributed by atoms with E-state index in [4.69, 9.17) is 0 Å². The van der Waals surface area contributed by atoms with Crippen LogP contribution < -0.4 is 29.6 Å². The van der Waals surface area contributed by atoms with Gasteiger partial charge in [0.25, 0.3) is 0 Å². The summed E-state index contributed by atoms with van der Waals surface area (Å²) in [5.41, 5.74) is 0. The van der Waals surface area contributed by atoms with Crippen molar-refractivity contribution in [1.82, 2.24) is 0 Å². The van der Waals surface area contributed by atoms with Gasteiger partial charge in [-0.15, -0.1) is 0 Å². The van der Waals surface area contributed by atoms with Crippen LogP contribution in [0, 0.1) is 0 Å². The third-order valence-electron chi connectivity index (χ3n) is 4.49. The zero-order valence-electron chi connectivity index (χ0n) is 16.1. The largest absolute Gasteiger partial charge is 1.00 e. The maximum absolute atomic E-state index is 11.3. The van der Waals surface area contributed by atoms with Gasteiger partial charge in [-0.1, -0.05) is 78.1 Å². The summed E-state index contributed by atoms with van der Waals surface area (Å²) in [6.07, 6.45) is 12.5. The number of unbranched alkanes of at least 4 members (excludes halogenated alkanes) is 7. The van der Waals surface area contributed by atoms with E-state index in [0.29, 0.717) is 12.8 Å². The second-order valence-electron chi connectivity index (χ2n) is 6.75. The fourth-order valence-corrected chi connectivity index (χ4v) is 3.85. The Morgan fingerprint density at radius 2 is 1.12 bits per heavy atom. The molecule has 0 spiro atoms. The van der Waals surface area contributed by atoms with Crippen LogP contribution >= 0.6 is 0 Å². The summed E-state index contributed by atoms with van der Waals surface area (Å²) in [7, 11) is -4.17. The van der Waals surface area contributed by atoms with E-state index in [-0.39, 0.29) is 35.7 Å². The van der Waals surface area contributed by atoms with Crippen LogP contribution in [-0.4, -0.2) is 29.4 Å². The zero-order chi connectivity index (χ0) is 17.6. The maximum Gasteiger partial charge on any atom is 1.00 e. The number of hydrogen-bond donors (Lipinski definition) is 1. The summed E-state index contributed by atoms with van der Waals surface area (Å²) in [6, 6.07) is 0. The first-order valence-corrected chi connectivity index (χ1v) is 11.0. The van der Waals surface area contributed by atoms with Crippen molar-refractivity contribution in [2.75, 3.05) is 0 Å². The van der Waals surface area contributed by atoms with E-state index in [1.54, 1.807) is 0 Å². The van der Waals surface area contributed by atoms with Crippen LogP contribution in [0.4, 0.5) is 0 Å². The molecule has 0 saturated heterocycles. The van der Waals surface area contributed by atoms with Crippen molar-refractivity contribution in [3.63, 3.8) is 0 Å². The Morgan fingerprint density at radius 1 is 0.750 bits per heavy atom. The second-order valence-corrected chi connectivity index (χ2v) is 8.40. The molecule has 0 rings (SSSR count). The molecule has 2 atom stereocenters. The summed E-state index contributed by atoms with van der Waals surface area (Å²) in [4.78, 5) is 0. The predicted molar refractivity (Wildman–Crippen MR) is 95.5 cm³/mol. The SMILES string of the molecule is CCCCCCC(O)CCCCCC(CCCCC)S(=O)(=O)[O-].[Na+]. The van der Waals surface area contributed by atoms with Crippen molar-refractivity contribution >= 4 is 10.1 Å². The summed E-state index contributed by atoms with van der Waals surface area (Å²) in [5, 5.41) is 9.17. The minimum atomic E-state index is -4.17. The standard InChI is InChI=1S/C18H38O4S.Na/c1-3-5-7-10-13-17(19)14-11-8-12-16-18(23(20,21)22)15-9-6-4-2;/h17-19H,3-16H2,1-2H3,(H,20,21,22);/q;+1/p-1. The van der Waals surface area contributed by atoms with E-state index in [1.165, 1.54) is 19.3 Å². The molecule has 0 aromatic rings. The maximum atomic E-state index is 11.3. The third kappa shape index (κ3) is 16.3. The Labute approximate surface area is 172 Å². The summed E-state index contributed by atoms with van der Waals surface area (Å²) < 4.78 is 33.8. The molecule has 0 fully saturated rings. The quantitative estimate of drug-likeness (QED) is 0.254. The van der Waals surface area contributed by atoms with Gasteiger partial charge in [-0.3, -0.25) is 0 Å². The Morgan fingerprint density at radius 3 is 1.58 bits per heavy atom. The van der Waals surface area contributed by atoms with Gasteiger partial charge in [0.05, 0.1) is 16.2 Å². The van der Waals surface area contributed by atoms with Crippen molar-refractivity contribution in [1.29, 1.82) is 0 Å². The monoisotopic (exact) mass is 372 g/mol. The van der Waals surface area contributed by atoms with E-state index in [9.17, 15) is 18.1 Å². The molecule has 2 unspecified atom stereocenters. The van der Waals surface area contributed by atoms with E-state index in [1.807, 2.05) is 0 Å². The first kappa shape index (κ1) is 27.1. The molecule has 0 amide bonds. The minimum Gasteiger partial charge on any atom is -0.748 e. The molecule has 0 aliphatic rings. The molecule has 0 aromatic heterocycles. The van der Waals surface area contributed by atoms with Gasteiger partial charge in [0.15, 0.2) is 0 Å². The molecule has 0 bridgehead atoms. The number of aliphatic hydroxyl groups is 1. The third-order valence-corrected chi connectivity index (χ3v) is 5.78. The van der Waals surface area contributed by atoms with Crippen molar-refractivity contribution in [3.05, 3.63) is 0 Å². The van der Waals surface area contributed by atoms with Gasteiger partial charge in [0, 0.05) is 5.25 Å². The van der Waals surface area contributed by atoms with Crippen LogP contribution in [0.15, 0.2) is 0 Å². The van der Waals surface area contributed by atoms with Gasteiger partial charge in [-0.05, 0) is 25.7 Å². The zero-order valence-corrected chi connectivity index (χ0v) is 19.0. The van der Waals surface area contributed by atoms with Crippen molar-refractivity contribution < 1.29 is 47.6 Å².